The number of carbonyl (C=O) groups excluding carboxylic acids is 1. The van der Waals surface area contributed by atoms with E-state index in [1.807, 2.05) is 79.7 Å². The lowest BCUT2D eigenvalue weighted by Gasteiger charge is -2.19. The maximum absolute atomic E-state index is 13.2. The molecule has 5 aromatic rings. The molecular weight excluding hydrogens is 568 g/mol. The molecule has 0 aliphatic heterocycles. The standard InChI is InChI=1S/C36H40N4O5/c1-6-37-36(41)34-33(32-17-27(39-44-32)20-38-24(4)5)35(45-40-34)29-18-28(23(2)3)30(42-21-25-13-9-7-10-14-25)19-31(29)43-22-26-15-11-8-12-16-26/h7-19,23-24,38H,6,20-22H2,1-5H3,(H,37,41). The molecule has 0 bridgehead atoms. The number of amides is 1. The van der Waals surface area contributed by atoms with E-state index in [1.165, 1.54) is 0 Å². The monoisotopic (exact) mass is 608 g/mol. The number of hydrogen-bond acceptors (Lipinski definition) is 8. The number of nitrogens with zero attached hydrogens (tertiary/aromatic N) is 2. The van der Waals surface area contributed by atoms with Crippen LogP contribution in [0.4, 0.5) is 0 Å². The highest BCUT2D eigenvalue weighted by molar-refractivity contribution is 6.01. The van der Waals surface area contributed by atoms with E-state index in [0.717, 1.165) is 16.7 Å². The molecule has 0 aliphatic rings. The van der Waals surface area contributed by atoms with E-state index in [-0.39, 0.29) is 23.6 Å². The van der Waals surface area contributed by atoms with Crippen molar-refractivity contribution in [1.29, 1.82) is 0 Å². The molecule has 0 spiro atoms. The van der Waals surface area contributed by atoms with E-state index in [1.54, 1.807) is 6.07 Å². The summed E-state index contributed by atoms with van der Waals surface area (Å²) in [5.74, 6) is 1.66. The molecule has 45 heavy (non-hydrogen) atoms. The van der Waals surface area contributed by atoms with Gasteiger partial charge in [-0.25, -0.2) is 0 Å². The third-order valence-corrected chi connectivity index (χ3v) is 7.19. The van der Waals surface area contributed by atoms with Crippen molar-refractivity contribution >= 4 is 5.91 Å². The Morgan fingerprint density at radius 1 is 0.822 bits per heavy atom. The summed E-state index contributed by atoms with van der Waals surface area (Å²) in [6, 6.07) is 25.9. The predicted octanol–water partition coefficient (Wildman–Crippen LogP) is 7.53. The van der Waals surface area contributed by atoms with Crippen molar-refractivity contribution in [2.45, 2.75) is 66.3 Å². The van der Waals surface area contributed by atoms with E-state index < -0.39 is 0 Å². The van der Waals surface area contributed by atoms with Gasteiger partial charge in [0.25, 0.3) is 5.91 Å². The van der Waals surface area contributed by atoms with Gasteiger partial charge in [-0.3, -0.25) is 4.79 Å². The topological polar surface area (TPSA) is 112 Å². The summed E-state index contributed by atoms with van der Waals surface area (Å²) >= 11 is 0. The van der Waals surface area contributed by atoms with Crippen LogP contribution in [-0.4, -0.2) is 28.8 Å². The number of rotatable bonds is 14. The van der Waals surface area contributed by atoms with Gasteiger partial charge in [0.05, 0.1) is 11.3 Å². The molecule has 0 saturated heterocycles. The molecule has 2 N–H and O–H groups in total. The van der Waals surface area contributed by atoms with Gasteiger partial charge in [0.2, 0.25) is 0 Å². The first-order valence-corrected chi connectivity index (χ1v) is 15.3. The molecule has 234 valence electrons. The van der Waals surface area contributed by atoms with Gasteiger partial charge >= 0.3 is 0 Å². The van der Waals surface area contributed by atoms with Crippen molar-refractivity contribution in [2.24, 2.45) is 0 Å². The largest absolute Gasteiger partial charge is 0.488 e. The van der Waals surface area contributed by atoms with Crippen molar-refractivity contribution < 1.29 is 23.3 Å². The van der Waals surface area contributed by atoms with Crippen LogP contribution in [0, 0.1) is 0 Å². The Hall–Kier alpha value is -4.89. The van der Waals surface area contributed by atoms with Crippen LogP contribution in [-0.2, 0) is 19.8 Å². The van der Waals surface area contributed by atoms with Crippen LogP contribution in [0.15, 0.2) is 87.9 Å². The summed E-state index contributed by atoms with van der Waals surface area (Å²) < 4.78 is 24.6. The Morgan fingerprint density at radius 3 is 2.07 bits per heavy atom. The second kappa shape index (κ2) is 14.7. The van der Waals surface area contributed by atoms with Gasteiger partial charge in [-0.05, 0) is 35.6 Å². The van der Waals surface area contributed by atoms with Crippen molar-refractivity contribution in [3.8, 4) is 34.1 Å². The van der Waals surface area contributed by atoms with Crippen LogP contribution in [0.25, 0.3) is 22.6 Å². The van der Waals surface area contributed by atoms with Crippen molar-refractivity contribution in [3.63, 3.8) is 0 Å². The zero-order chi connectivity index (χ0) is 31.8. The second-order valence-electron chi connectivity index (χ2n) is 11.4. The van der Waals surface area contributed by atoms with Crippen LogP contribution < -0.4 is 20.1 Å². The minimum absolute atomic E-state index is 0.103. The Morgan fingerprint density at radius 2 is 1.47 bits per heavy atom. The number of hydrogen-bond donors (Lipinski definition) is 2. The van der Waals surface area contributed by atoms with E-state index >= 15 is 0 Å². The average Bonchev–Trinajstić information content (AvgIpc) is 3.70. The van der Waals surface area contributed by atoms with E-state index in [9.17, 15) is 4.79 Å². The van der Waals surface area contributed by atoms with Crippen molar-refractivity contribution in [2.75, 3.05) is 6.54 Å². The Bertz CT molecular complexity index is 1690. The summed E-state index contributed by atoms with van der Waals surface area (Å²) in [5.41, 5.74) is 4.84. The summed E-state index contributed by atoms with van der Waals surface area (Å²) in [7, 11) is 0. The second-order valence-corrected chi connectivity index (χ2v) is 11.4. The first kappa shape index (κ1) is 31.5. The molecule has 0 unspecified atom stereocenters. The fourth-order valence-electron chi connectivity index (χ4n) is 4.85. The van der Waals surface area contributed by atoms with Gasteiger partial charge in [0.1, 0.15) is 30.3 Å². The van der Waals surface area contributed by atoms with Crippen LogP contribution in [0.3, 0.4) is 0 Å². The van der Waals surface area contributed by atoms with Crippen molar-refractivity contribution in [3.05, 3.63) is 107 Å². The van der Waals surface area contributed by atoms with Crippen LogP contribution in [0.5, 0.6) is 11.5 Å². The van der Waals surface area contributed by atoms with Crippen LogP contribution in [0.1, 0.15) is 73.4 Å². The van der Waals surface area contributed by atoms with Gasteiger partial charge in [-0.1, -0.05) is 98.7 Å². The lowest BCUT2D eigenvalue weighted by atomic mass is 9.95. The molecule has 0 aliphatic carbocycles. The summed E-state index contributed by atoms with van der Waals surface area (Å²) in [5, 5.41) is 14.6. The van der Waals surface area contributed by atoms with Crippen LogP contribution >= 0.6 is 0 Å². The van der Waals surface area contributed by atoms with Gasteiger partial charge in [0, 0.05) is 31.3 Å². The predicted molar refractivity (Wildman–Crippen MR) is 173 cm³/mol. The Balaban J connectivity index is 1.63. The fourth-order valence-corrected chi connectivity index (χ4v) is 4.85. The highest BCUT2D eigenvalue weighted by Crippen LogP contribution is 2.44. The molecule has 1 amide bonds. The molecule has 0 saturated carbocycles. The molecule has 0 atom stereocenters. The minimum atomic E-state index is -0.376. The summed E-state index contributed by atoms with van der Waals surface area (Å²) in [6.45, 7) is 11.8. The number of benzene rings is 3. The molecule has 9 nitrogen and oxygen atoms in total. The highest BCUT2D eigenvalue weighted by Gasteiger charge is 2.30. The van der Waals surface area contributed by atoms with Crippen molar-refractivity contribution in [1.82, 2.24) is 20.9 Å². The average molecular weight is 609 g/mol. The maximum atomic E-state index is 13.2. The van der Waals surface area contributed by atoms with E-state index in [0.29, 0.717) is 66.1 Å². The summed E-state index contributed by atoms with van der Waals surface area (Å²) in [6.07, 6.45) is 0. The van der Waals surface area contributed by atoms with E-state index in [2.05, 4.69) is 48.6 Å². The first-order valence-electron chi connectivity index (χ1n) is 15.3. The molecule has 2 heterocycles. The number of ether oxygens (including phenoxy) is 2. The summed E-state index contributed by atoms with van der Waals surface area (Å²) in [4.78, 5) is 13.2. The zero-order valence-electron chi connectivity index (χ0n) is 26.4. The lowest BCUT2D eigenvalue weighted by molar-refractivity contribution is 0.0947. The van der Waals surface area contributed by atoms with Crippen LogP contribution in [0.2, 0.25) is 0 Å². The SMILES string of the molecule is CCNC(=O)c1noc(-c2cc(C(C)C)c(OCc3ccccc3)cc2OCc2ccccc2)c1-c1cc(CNC(C)C)no1. The number of aromatic nitrogens is 2. The maximum Gasteiger partial charge on any atom is 0.274 e. The molecular formula is C36H40N4O5. The Kier molecular flexibility index (Phi) is 10.3. The van der Waals surface area contributed by atoms with Gasteiger partial charge < -0.3 is 29.2 Å². The van der Waals surface area contributed by atoms with Gasteiger partial charge in [0.15, 0.2) is 17.2 Å². The fraction of sp³-hybridized carbons (Fsp3) is 0.306. The smallest absolute Gasteiger partial charge is 0.274 e. The zero-order valence-corrected chi connectivity index (χ0v) is 26.4. The minimum Gasteiger partial charge on any atom is -0.488 e. The molecule has 0 fully saturated rings. The number of carbonyl (C=O) groups is 1. The first-order chi connectivity index (χ1) is 21.8. The molecule has 3 aromatic carbocycles. The third-order valence-electron chi connectivity index (χ3n) is 7.19. The van der Waals surface area contributed by atoms with Gasteiger partial charge in [-0.2, -0.15) is 0 Å². The molecule has 0 radical (unpaired) electrons. The lowest BCUT2D eigenvalue weighted by Crippen LogP contribution is -2.23. The Labute approximate surface area is 263 Å². The number of nitrogens with one attached hydrogen (secondary N) is 2. The van der Waals surface area contributed by atoms with E-state index in [4.69, 9.17) is 18.5 Å². The van der Waals surface area contributed by atoms with Gasteiger partial charge in [-0.15, -0.1) is 0 Å². The highest BCUT2D eigenvalue weighted by atomic mass is 16.5. The molecule has 5 rings (SSSR count). The molecule has 2 aromatic heterocycles. The third kappa shape index (κ3) is 7.80. The molecule has 9 heteroatoms. The normalized spacial score (nSPS) is 11.3. The quantitative estimate of drug-likeness (QED) is 0.133.